The third-order valence-electron chi connectivity index (χ3n) is 4.84. The van der Waals surface area contributed by atoms with Gasteiger partial charge in [0.1, 0.15) is 0 Å². The summed E-state index contributed by atoms with van der Waals surface area (Å²) in [6.07, 6.45) is 4.97. The summed E-state index contributed by atoms with van der Waals surface area (Å²) in [6.45, 7) is 2.78. The van der Waals surface area contributed by atoms with Crippen LogP contribution in [0.2, 0.25) is 0 Å². The van der Waals surface area contributed by atoms with Gasteiger partial charge in [-0.05, 0) is 62.3 Å². The zero-order valence-corrected chi connectivity index (χ0v) is 11.5. The molecule has 2 aliphatic rings. The molecule has 2 fully saturated rings. The molecule has 1 aromatic carbocycles. The quantitative estimate of drug-likeness (QED) is 0.847. The van der Waals surface area contributed by atoms with Crippen LogP contribution < -0.4 is 10.6 Å². The number of anilines is 2. The van der Waals surface area contributed by atoms with Gasteiger partial charge in [-0.3, -0.25) is 4.79 Å². The first-order valence-corrected chi connectivity index (χ1v) is 7.36. The lowest BCUT2D eigenvalue weighted by molar-refractivity contribution is -0.123. The van der Waals surface area contributed by atoms with E-state index in [4.69, 9.17) is 5.73 Å². The van der Waals surface area contributed by atoms with Crippen molar-refractivity contribution in [1.82, 2.24) is 0 Å². The lowest BCUT2D eigenvalue weighted by atomic mass is 9.87. The fraction of sp³-hybridized carbons (Fsp3) is 0.562. The van der Waals surface area contributed by atoms with E-state index in [-0.39, 0.29) is 5.92 Å². The third-order valence-corrected chi connectivity index (χ3v) is 4.84. The summed E-state index contributed by atoms with van der Waals surface area (Å²) >= 11 is 0. The topological polar surface area (TPSA) is 46.3 Å². The Morgan fingerprint density at radius 3 is 2.53 bits per heavy atom. The van der Waals surface area contributed by atoms with Crippen LogP contribution in [-0.4, -0.2) is 12.5 Å². The van der Waals surface area contributed by atoms with Gasteiger partial charge >= 0.3 is 0 Å². The Balaban J connectivity index is 1.78. The number of nitrogens with two attached hydrogens (primary N) is 1. The molecule has 2 saturated carbocycles. The van der Waals surface area contributed by atoms with Gasteiger partial charge in [0.05, 0.1) is 0 Å². The molecule has 19 heavy (non-hydrogen) atoms. The predicted molar refractivity (Wildman–Crippen MR) is 77.8 cm³/mol. The summed E-state index contributed by atoms with van der Waals surface area (Å²) in [5, 5.41) is 0. The third kappa shape index (κ3) is 2.22. The van der Waals surface area contributed by atoms with Gasteiger partial charge in [-0.2, -0.15) is 0 Å². The fourth-order valence-electron chi connectivity index (χ4n) is 3.87. The first-order chi connectivity index (χ1) is 9.19. The zero-order chi connectivity index (χ0) is 13.4. The standard InChI is InChI=1S/C16H22N2O/c1-2-18(14-7-5-13(17)6-8-14)16(19)15-10-11-3-4-12(15)9-11/h5-8,11-12,15H,2-4,9-10,17H2,1H3. The summed E-state index contributed by atoms with van der Waals surface area (Å²) < 4.78 is 0. The second-order valence-corrected chi connectivity index (χ2v) is 5.96. The maximum absolute atomic E-state index is 12.7. The summed E-state index contributed by atoms with van der Waals surface area (Å²) in [6, 6.07) is 7.63. The van der Waals surface area contributed by atoms with Gasteiger partial charge in [-0.15, -0.1) is 0 Å². The molecule has 3 rings (SSSR count). The summed E-state index contributed by atoms with van der Waals surface area (Å²) in [5.41, 5.74) is 7.43. The van der Waals surface area contributed by atoms with E-state index in [0.717, 1.165) is 30.3 Å². The number of benzene rings is 1. The number of rotatable bonds is 3. The minimum absolute atomic E-state index is 0.260. The maximum atomic E-state index is 12.7. The monoisotopic (exact) mass is 258 g/mol. The Morgan fingerprint density at radius 1 is 1.26 bits per heavy atom. The van der Waals surface area contributed by atoms with Gasteiger partial charge in [0.15, 0.2) is 0 Å². The molecule has 2 bridgehead atoms. The molecule has 0 aliphatic heterocycles. The molecule has 0 heterocycles. The van der Waals surface area contributed by atoms with E-state index in [1.165, 1.54) is 19.3 Å². The van der Waals surface area contributed by atoms with Gasteiger partial charge < -0.3 is 10.6 Å². The van der Waals surface area contributed by atoms with Gasteiger partial charge in [-0.1, -0.05) is 6.42 Å². The van der Waals surface area contributed by atoms with Crippen LogP contribution in [0.15, 0.2) is 24.3 Å². The van der Waals surface area contributed by atoms with Crippen LogP contribution in [0.5, 0.6) is 0 Å². The van der Waals surface area contributed by atoms with Crippen LogP contribution in [-0.2, 0) is 4.79 Å². The van der Waals surface area contributed by atoms with Crippen LogP contribution >= 0.6 is 0 Å². The largest absolute Gasteiger partial charge is 0.399 e. The number of carbonyl (C=O) groups is 1. The van der Waals surface area contributed by atoms with E-state index in [1.54, 1.807) is 0 Å². The summed E-state index contributed by atoms with van der Waals surface area (Å²) in [7, 11) is 0. The molecule has 1 amide bonds. The van der Waals surface area contributed by atoms with Crippen molar-refractivity contribution in [2.24, 2.45) is 17.8 Å². The lowest BCUT2D eigenvalue weighted by Crippen LogP contribution is -2.38. The first kappa shape index (κ1) is 12.5. The van der Waals surface area contributed by atoms with Crippen molar-refractivity contribution in [2.75, 3.05) is 17.2 Å². The van der Waals surface area contributed by atoms with E-state index in [0.29, 0.717) is 11.8 Å². The molecule has 2 aliphatic carbocycles. The van der Waals surface area contributed by atoms with Crippen molar-refractivity contribution in [3.63, 3.8) is 0 Å². The lowest BCUT2D eigenvalue weighted by Gasteiger charge is -2.28. The van der Waals surface area contributed by atoms with E-state index in [1.807, 2.05) is 36.1 Å². The molecule has 3 atom stereocenters. The molecular weight excluding hydrogens is 236 g/mol. The second-order valence-electron chi connectivity index (χ2n) is 5.96. The molecule has 0 saturated heterocycles. The van der Waals surface area contributed by atoms with Gasteiger partial charge in [0.25, 0.3) is 0 Å². The Bertz CT molecular complexity index is 468. The molecule has 3 nitrogen and oxygen atoms in total. The van der Waals surface area contributed by atoms with Crippen LogP contribution in [0.25, 0.3) is 0 Å². The molecule has 3 unspecified atom stereocenters. The predicted octanol–water partition coefficient (Wildman–Crippen LogP) is 3.06. The molecule has 2 N–H and O–H groups in total. The average Bonchev–Trinajstić information content (AvgIpc) is 3.04. The maximum Gasteiger partial charge on any atom is 0.230 e. The molecule has 0 aromatic heterocycles. The first-order valence-electron chi connectivity index (χ1n) is 7.36. The number of hydrogen-bond donors (Lipinski definition) is 1. The smallest absolute Gasteiger partial charge is 0.230 e. The summed E-state index contributed by atoms with van der Waals surface area (Å²) in [5.74, 6) is 2.03. The Kier molecular flexibility index (Phi) is 3.21. The van der Waals surface area contributed by atoms with Crippen molar-refractivity contribution < 1.29 is 4.79 Å². The van der Waals surface area contributed by atoms with Gasteiger partial charge in [-0.25, -0.2) is 0 Å². The van der Waals surface area contributed by atoms with Crippen molar-refractivity contribution >= 4 is 17.3 Å². The molecule has 3 heteroatoms. The highest BCUT2D eigenvalue weighted by molar-refractivity contribution is 5.95. The van der Waals surface area contributed by atoms with E-state index >= 15 is 0 Å². The highest BCUT2D eigenvalue weighted by Crippen LogP contribution is 2.49. The second kappa shape index (κ2) is 4.87. The highest BCUT2D eigenvalue weighted by Gasteiger charge is 2.44. The number of carbonyl (C=O) groups excluding carboxylic acids is 1. The van der Waals surface area contributed by atoms with Crippen molar-refractivity contribution in [2.45, 2.75) is 32.6 Å². The number of nitrogens with zero attached hydrogens (tertiary/aromatic N) is 1. The van der Waals surface area contributed by atoms with Gasteiger partial charge in [0, 0.05) is 23.8 Å². The average molecular weight is 258 g/mol. The zero-order valence-electron chi connectivity index (χ0n) is 11.5. The Labute approximate surface area is 114 Å². The van der Waals surface area contributed by atoms with Crippen LogP contribution in [0, 0.1) is 17.8 Å². The molecule has 0 spiro atoms. The van der Waals surface area contributed by atoms with E-state index in [2.05, 4.69) is 0 Å². The van der Waals surface area contributed by atoms with E-state index < -0.39 is 0 Å². The van der Waals surface area contributed by atoms with Crippen molar-refractivity contribution in [3.05, 3.63) is 24.3 Å². The molecule has 1 aromatic rings. The molecule has 102 valence electrons. The van der Waals surface area contributed by atoms with Crippen LogP contribution in [0.4, 0.5) is 11.4 Å². The Hall–Kier alpha value is -1.51. The number of hydrogen-bond acceptors (Lipinski definition) is 2. The molecule has 0 radical (unpaired) electrons. The fourth-order valence-corrected chi connectivity index (χ4v) is 3.87. The van der Waals surface area contributed by atoms with E-state index in [9.17, 15) is 4.79 Å². The molecular formula is C16H22N2O. The minimum Gasteiger partial charge on any atom is -0.399 e. The number of nitrogen functional groups attached to an aromatic ring is 1. The Morgan fingerprint density at radius 2 is 2.00 bits per heavy atom. The normalized spacial score (nSPS) is 28.6. The number of fused-ring (bicyclic) bond motifs is 2. The van der Waals surface area contributed by atoms with Crippen molar-refractivity contribution in [3.8, 4) is 0 Å². The SMILES string of the molecule is CCN(C(=O)C1CC2CCC1C2)c1ccc(N)cc1. The van der Waals surface area contributed by atoms with Gasteiger partial charge in [0.2, 0.25) is 5.91 Å². The number of amides is 1. The van der Waals surface area contributed by atoms with Crippen molar-refractivity contribution in [1.29, 1.82) is 0 Å². The highest BCUT2D eigenvalue weighted by atomic mass is 16.2. The minimum atomic E-state index is 0.260. The van der Waals surface area contributed by atoms with Crippen LogP contribution in [0.1, 0.15) is 32.6 Å². The summed E-state index contributed by atoms with van der Waals surface area (Å²) in [4.78, 5) is 14.7. The van der Waals surface area contributed by atoms with Crippen LogP contribution in [0.3, 0.4) is 0 Å².